The van der Waals surface area contributed by atoms with Gasteiger partial charge in [-0.3, -0.25) is 4.79 Å². The van der Waals surface area contributed by atoms with Crippen LogP contribution >= 0.6 is 0 Å². The van der Waals surface area contributed by atoms with E-state index in [9.17, 15) is 4.79 Å². The van der Waals surface area contributed by atoms with Crippen LogP contribution in [0.4, 0.5) is 5.82 Å². The molecule has 1 unspecified atom stereocenters. The molecule has 0 radical (unpaired) electrons. The fraction of sp³-hybridized carbons (Fsp3) is 0.647. The molecule has 1 atom stereocenters. The second-order valence-corrected chi connectivity index (χ2v) is 6.21. The summed E-state index contributed by atoms with van der Waals surface area (Å²) in [6.45, 7) is 3.12. The predicted molar refractivity (Wildman–Crippen MR) is 84.3 cm³/mol. The first-order valence-electron chi connectivity index (χ1n) is 8.30. The minimum absolute atomic E-state index is 0.224. The maximum Gasteiger partial charge on any atom is 0.210 e. The maximum atomic E-state index is 11.2. The molecule has 1 amide bonds. The molecule has 21 heavy (non-hydrogen) atoms. The summed E-state index contributed by atoms with van der Waals surface area (Å²) in [5.74, 6) is 1.09. The number of hydrogen-bond donors (Lipinski definition) is 0. The Morgan fingerprint density at radius 1 is 1.00 bits per heavy atom. The van der Waals surface area contributed by atoms with Gasteiger partial charge in [0, 0.05) is 25.8 Å². The zero-order chi connectivity index (χ0) is 14.5. The Bertz CT molecular complexity index is 452. The van der Waals surface area contributed by atoms with Gasteiger partial charge in [-0.2, -0.15) is 0 Å². The highest BCUT2D eigenvalue weighted by molar-refractivity contribution is 5.49. The maximum absolute atomic E-state index is 11.2. The van der Waals surface area contributed by atoms with E-state index in [2.05, 4.69) is 22.0 Å². The molecule has 2 fully saturated rings. The smallest absolute Gasteiger partial charge is 0.210 e. The number of carbonyl (C=O) groups excluding carboxylic acids is 1. The van der Waals surface area contributed by atoms with Crippen LogP contribution in [-0.2, 0) is 4.79 Å². The van der Waals surface area contributed by atoms with Gasteiger partial charge in [0.2, 0.25) is 6.41 Å². The number of amides is 1. The SMILES string of the molecule is O=CN1CCCCC1c1ccc(N2CCCCCC2)nc1. The minimum atomic E-state index is 0.224. The van der Waals surface area contributed by atoms with E-state index in [1.165, 1.54) is 37.7 Å². The van der Waals surface area contributed by atoms with Crippen LogP contribution in [0.5, 0.6) is 0 Å². The van der Waals surface area contributed by atoms with E-state index in [0.717, 1.165) is 44.7 Å². The van der Waals surface area contributed by atoms with Crippen molar-refractivity contribution in [1.29, 1.82) is 0 Å². The Kier molecular flexibility index (Phi) is 4.73. The molecule has 3 heterocycles. The first kappa shape index (κ1) is 14.4. The van der Waals surface area contributed by atoms with Crippen LogP contribution in [0.15, 0.2) is 18.3 Å². The highest BCUT2D eigenvalue weighted by Gasteiger charge is 2.23. The minimum Gasteiger partial charge on any atom is -0.357 e. The average molecular weight is 287 g/mol. The molecule has 114 valence electrons. The van der Waals surface area contributed by atoms with Crippen molar-refractivity contribution in [2.45, 2.75) is 51.0 Å². The molecule has 4 nitrogen and oxygen atoms in total. The summed E-state index contributed by atoms with van der Waals surface area (Å²) in [5, 5.41) is 0. The Morgan fingerprint density at radius 2 is 1.76 bits per heavy atom. The topological polar surface area (TPSA) is 36.4 Å². The zero-order valence-corrected chi connectivity index (χ0v) is 12.7. The van der Waals surface area contributed by atoms with Crippen LogP contribution in [0.1, 0.15) is 56.6 Å². The lowest BCUT2D eigenvalue weighted by atomic mass is 9.97. The molecule has 2 aliphatic heterocycles. The van der Waals surface area contributed by atoms with E-state index in [0.29, 0.717) is 0 Å². The van der Waals surface area contributed by atoms with Crippen LogP contribution < -0.4 is 4.90 Å². The lowest BCUT2D eigenvalue weighted by Gasteiger charge is -2.33. The molecule has 3 rings (SSSR count). The normalized spacial score (nSPS) is 23.7. The van der Waals surface area contributed by atoms with Crippen LogP contribution in [0.25, 0.3) is 0 Å². The number of carbonyl (C=O) groups is 1. The standard InChI is InChI=1S/C17H25N3O/c21-14-20-12-6-3-7-16(20)15-8-9-17(18-13-15)19-10-4-1-2-5-11-19/h8-9,13-14,16H,1-7,10-12H2. The van der Waals surface area contributed by atoms with Gasteiger partial charge >= 0.3 is 0 Å². The highest BCUT2D eigenvalue weighted by atomic mass is 16.1. The van der Waals surface area contributed by atoms with Crippen molar-refractivity contribution in [2.75, 3.05) is 24.5 Å². The van der Waals surface area contributed by atoms with E-state index in [1.54, 1.807) is 0 Å². The van der Waals surface area contributed by atoms with E-state index in [4.69, 9.17) is 0 Å². The summed E-state index contributed by atoms with van der Waals surface area (Å²) in [5.41, 5.74) is 1.18. The van der Waals surface area contributed by atoms with Crippen molar-refractivity contribution >= 4 is 12.2 Å². The number of rotatable bonds is 3. The Labute approximate surface area is 127 Å². The number of anilines is 1. The molecular weight excluding hydrogens is 262 g/mol. The fourth-order valence-electron chi connectivity index (χ4n) is 3.52. The number of likely N-dealkylation sites (tertiary alicyclic amines) is 1. The van der Waals surface area contributed by atoms with Gasteiger partial charge in [-0.05, 0) is 43.7 Å². The summed E-state index contributed by atoms with van der Waals surface area (Å²) in [4.78, 5) is 20.2. The fourth-order valence-corrected chi connectivity index (χ4v) is 3.52. The van der Waals surface area contributed by atoms with Gasteiger partial charge in [0.05, 0.1) is 6.04 Å². The number of hydrogen-bond acceptors (Lipinski definition) is 3. The Balaban J connectivity index is 1.72. The molecule has 2 saturated heterocycles. The molecule has 1 aromatic heterocycles. The Hall–Kier alpha value is -1.58. The van der Waals surface area contributed by atoms with Crippen LogP contribution in [0.3, 0.4) is 0 Å². The molecule has 4 heteroatoms. The number of nitrogens with zero attached hydrogens (tertiary/aromatic N) is 3. The van der Waals surface area contributed by atoms with Gasteiger partial charge in [0.15, 0.2) is 0 Å². The number of aromatic nitrogens is 1. The van der Waals surface area contributed by atoms with Crippen molar-refractivity contribution < 1.29 is 4.79 Å². The second kappa shape index (κ2) is 6.92. The van der Waals surface area contributed by atoms with E-state index < -0.39 is 0 Å². The lowest BCUT2D eigenvalue weighted by Crippen LogP contribution is -2.32. The van der Waals surface area contributed by atoms with Gasteiger partial charge in [-0.15, -0.1) is 0 Å². The quantitative estimate of drug-likeness (QED) is 0.801. The molecule has 0 aromatic carbocycles. The summed E-state index contributed by atoms with van der Waals surface area (Å²) in [7, 11) is 0. The summed E-state index contributed by atoms with van der Waals surface area (Å²) >= 11 is 0. The van der Waals surface area contributed by atoms with Gasteiger partial charge in [-0.1, -0.05) is 18.9 Å². The number of piperidine rings is 1. The van der Waals surface area contributed by atoms with Gasteiger partial charge in [-0.25, -0.2) is 4.98 Å². The van der Waals surface area contributed by atoms with Crippen LogP contribution in [-0.4, -0.2) is 35.9 Å². The van der Waals surface area contributed by atoms with Gasteiger partial charge < -0.3 is 9.80 Å². The molecule has 0 spiro atoms. The highest BCUT2D eigenvalue weighted by Crippen LogP contribution is 2.30. The third kappa shape index (κ3) is 3.36. The van der Waals surface area contributed by atoms with Crippen molar-refractivity contribution in [3.05, 3.63) is 23.9 Å². The van der Waals surface area contributed by atoms with Crippen molar-refractivity contribution in [2.24, 2.45) is 0 Å². The molecule has 0 saturated carbocycles. The number of pyridine rings is 1. The first-order valence-corrected chi connectivity index (χ1v) is 8.30. The van der Waals surface area contributed by atoms with Crippen molar-refractivity contribution in [3.63, 3.8) is 0 Å². The van der Waals surface area contributed by atoms with Crippen LogP contribution in [0.2, 0.25) is 0 Å². The zero-order valence-electron chi connectivity index (χ0n) is 12.7. The Morgan fingerprint density at radius 3 is 2.43 bits per heavy atom. The van der Waals surface area contributed by atoms with Crippen molar-refractivity contribution in [3.8, 4) is 0 Å². The molecule has 0 bridgehead atoms. The van der Waals surface area contributed by atoms with E-state index in [-0.39, 0.29) is 6.04 Å². The van der Waals surface area contributed by atoms with E-state index >= 15 is 0 Å². The van der Waals surface area contributed by atoms with Crippen molar-refractivity contribution in [1.82, 2.24) is 9.88 Å². The van der Waals surface area contributed by atoms with E-state index in [1.807, 2.05) is 11.1 Å². The molecule has 1 aromatic rings. The molecule has 0 aliphatic carbocycles. The first-order chi connectivity index (χ1) is 10.4. The average Bonchev–Trinajstić information content (AvgIpc) is 2.84. The predicted octanol–water partition coefficient (Wildman–Crippen LogP) is 3.15. The summed E-state index contributed by atoms with van der Waals surface area (Å²) < 4.78 is 0. The lowest BCUT2D eigenvalue weighted by molar-refractivity contribution is -0.121. The molecule has 0 N–H and O–H groups in total. The van der Waals surface area contributed by atoms with Crippen LogP contribution in [0, 0.1) is 0 Å². The monoisotopic (exact) mass is 287 g/mol. The summed E-state index contributed by atoms with van der Waals surface area (Å²) in [6, 6.07) is 4.53. The molecular formula is C17H25N3O. The van der Waals surface area contributed by atoms with Gasteiger partial charge in [0.1, 0.15) is 5.82 Å². The second-order valence-electron chi connectivity index (χ2n) is 6.21. The third-order valence-corrected chi connectivity index (χ3v) is 4.77. The van der Waals surface area contributed by atoms with Gasteiger partial charge in [0.25, 0.3) is 0 Å². The largest absolute Gasteiger partial charge is 0.357 e. The summed E-state index contributed by atoms with van der Waals surface area (Å²) in [6.07, 6.45) is 11.6. The third-order valence-electron chi connectivity index (χ3n) is 4.77. The molecule has 2 aliphatic rings.